The molecule has 3 aromatic rings. The Morgan fingerprint density at radius 2 is 1.69 bits per heavy atom. The number of nitrogens with one attached hydrogen (secondary N) is 1. The summed E-state index contributed by atoms with van der Waals surface area (Å²) in [5, 5.41) is 0. The van der Waals surface area contributed by atoms with Gasteiger partial charge in [-0.3, -0.25) is 9.47 Å². The lowest BCUT2D eigenvalue weighted by atomic mass is 10.00. The lowest BCUT2D eigenvalue weighted by molar-refractivity contribution is 0.144. The molecule has 1 unspecified atom stereocenters. The molecule has 2 heterocycles. The highest BCUT2D eigenvalue weighted by molar-refractivity contribution is 9.10. The number of fused-ring (bicyclic) bond motifs is 1. The van der Waals surface area contributed by atoms with Crippen LogP contribution in [0.1, 0.15) is 37.4 Å². The zero-order valence-electron chi connectivity index (χ0n) is 14.6. The van der Waals surface area contributed by atoms with Crippen molar-refractivity contribution in [3.8, 4) is 0 Å². The zero-order chi connectivity index (χ0) is 18.3. The van der Waals surface area contributed by atoms with Crippen molar-refractivity contribution in [1.82, 2.24) is 14.5 Å². The standard InChI is InChI=1S/C20H21Br2N3O/c1-13(14-2-4-15(21)5-3-14)24-10-8-17(9-11-24)25-19-12-16(22)6-7-18(19)23-20(25)26/h2-7,12-13,17H,8-11H2,1H3,(H,23,26). The second kappa shape index (κ2) is 7.33. The van der Waals surface area contributed by atoms with E-state index in [2.05, 4.69) is 72.9 Å². The van der Waals surface area contributed by atoms with Crippen LogP contribution in [0.4, 0.5) is 0 Å². The third-order valence-corrected chi connectivity index (χ3v) is 6.47. The minimum absolute atomic E-state index is 0.00231. The molecule has 136 valence electrons. The molecule has 0 radical (unpaired) electrons. The first kappa shape index (κ1) is 18.0. The first-order valence-corrected chi connectivity index (χ1v) is 10.5. The molecular formula is C20H21Br2N3O. The number of aromatic nitrogens is 2. The quantitative estimate of drug-likeness (QED) is 0.558. The Kier molecular flexibility index (Phi) is 5.08. The van der Waals surface area contributed by atoms with Gasteiger partial charge in [0.25, 0.3) is 0 Å². The van der Waals surface area contributed by atoms with Gasteiger partial charge in [0.2, 0.25) is 0 Å². The van der Waals surface area contributed by atoms with Crippen LogP contribution in [0.2, 0.25) is 0 Å². The molecule has 2 aromatic carbocycles. The molecule has 1 saturated heterocycles. The SMILES string of the molecule is CC(c1ccc(Br)cc1)N1CCC(n2c(=O)[nH]c3ccc(Br)cc32)CC1. The fourth-order valence-electron chi connectivity index (χ4n) is 3.94. The van der Waals surface area contributed by atoms with Crippen LogP contribution in [-0.4, -0.2) is 27.5 Å². The van der Waals surface area contributed by atoms with E-state index in [0.29, 0.717) is 6.04 Å². The van der Waals surface area contributed by atoms with Crippen molar-refractivity contribution in [3.63, 3.8) is 0 Å². The normalized spacial score (nSPS) is 17.7. The highest BCUT2D eigenvalue weighted by Gasteiger charge is 2.26. The van der Waals surface area contributed by atoms with Crippen molar-refractivity contribution in [2.75, 3.05) is 13.1 Å². The Morgan fingerprint density at radius 1 is 1.04 bits per heavy atom. The van der Waals surface area contributed by atoms with Crippen molar-refractivity contribution in [2.45, 2.75) is 31.8 Å². The van der Waals surface area contributed by atoms with Crippen molar-refractivity contribution in [2.24, 2.45) is 0 Å². The molecular weight excluding hydrogens is 458 g/mol. The molecule has 0 amide bonds. The number of hydrogen-bond donors (Lipinski definition) is 1. The smallest absolute Gasteiger partial charge is 0.306 e. The molecule has 4 rings (SSSR count). The minimum atomic E-state index is -0.00231. The van der Waals surface area contributed by atoms with Crippen LogP contribution >= 0.6 is 31.9 Å². The van der Waals surface area contributed by atoms with Crippen LogP contribution in [0.3, 0.4) is 0 Å². The molecule has 0 spiro atoms. The van der Waals surface area contributed by atoms with Gasteiger partial charge >= 0.3 is 5.69 Å². The number of hydrogen-bond acceptors (Lipinski definition) is 2. The third-order valence-electron chi connectivity index (χ3n) is 5.44. The summed E-state index contributed by atoms with van der Waals surface area (Å²) in [5.74, 6) is 0. The maximum Gasteiger partial charge on any atom is 0.326 e. The highest BCUT2D eigenvalue weighted by atomic mass is 79.9. The van der Waals surface area contributed by atoms with Crippen LogP contribution < -0.4 is 5.69 Å². The van der Waals surface area contributed by atoms with Crippen molar-refractivity contribution < 1.29 is 0 Å². The van der Waals surface area contributed by atoms with Gasteiger partial charge in [0.1, 0.15) is 0 Å². The van der Waals surface area contributed by atoms with Gasteiger partial charge in [-0.25, -0.2) is 4.79 Å². The molecule has 1 aliphatic rings. The van der Waals surface area contributed by atoms with Crippen molar-refractivity contribution in [3.05, 3.63) is 67.5 Å². The fourth-order valence-corrected chi connectivity index (χ4v) is 4.55. The summed E-state index contributed by atoms with van der Waals surface area (Å²) in [6.07, 6.45) is 1.97. The van der Waals surface area contributed by atoms with Gasteiger partial charge < -0.3 is 4.98 Å². The summed E-state index contributed by atoms with van der Waals surface area (Å²) in [6.45, 7) is 4.25. The number of likely N-dealkylation sites (tertiary alicyclic amines) is 1. The van der Waals surface area contributed by atoms with E-state index in [0.717, 1.165) is 45.9 Å². The summed E-state index contributed by atoms with van der Waals surface area (Å²) in [7, 11) is 0. The van der Waals surface area contributed by atoms with Gasteiger partial charge in [-0.2, -0.15) is 0 Å². The highest BCUT2D eigenvalue weighted by Crippen LogP contribution is 2.31. The van der Waals surface area contributed by atoms with Crippen LogP contribution in [0.15, 0.2) is 56.2 Å². The number of H-pyrrole nitrogens is 1. The summed E-state index contributed by atoms with van der Waals surface area (Å²) in [5.41, 5.74) is 3.23. The number of benzene rings is 2. The molecule has 6 heteroatoms. The molecule has 1 fully saturated rings. The van der Waals surface area contributed by atoms with Crippen LogP contribution in [-0.2, 0) is 0 Å². The Hall–Kier alpha value is -1.37. The number of halogens is 2. The van der Waals surface area contributed by atoms with Crippen molar-refractivity contribution >= 4 is 42.9 Å². The number of imidazole rings is 1. The van der Waals surface area contributed by atoms with Gasteiger partial charge in [0.05, 0.1) is 11.0 Å². The second-order valence-electron chi connectivity index (χ2n) is 6.96. The Labute approximate surface area is 169 Å². The molecule has 26 heavy (non-hydrogen) atoms. The van der Waals surface area contributed by atoms with Gasteiger partial charge in [-0.1, -0.05) is 44.0 Å². The van der Waals surface area contributed by atoms with Gasteiger partial charge in [-0.05, 0) is 55.7 Å². The lowest BCUT2D eigenvalue weighted by Crippen LogP contribution is -2.38. The van der Waals surface area contributed by atoms with Crippen LogP contribution in [0.5, 0.6) is 0 Å². The molecule has 4 nitrogen and oxygen atoms in total. The number of piperidine rings is 1. The first-order chi connectivity index (χ1) is 12.5. The molecule has 1 N–H and O–H groups in total. The van der Waals surface area contributed by atoms with E-state index >= 15 is 0 Å². The summed E-state index contributed by atoms with van der Waals surface area (Å²) < 4.78 is 4.05. The van der Waals surface area contributed by atoms with E-state index in [1.807, 2.05) is 22.8 Å². The van der Waals surface area contributed by atoms with E-state index < -0.39 is 0 Å². The monoisotopic (exact) mass is 477 g/mol. The second-order valence-corrected chi connectivity index (χ2v) is 8.79. The van der Waals surface area contributed by atoms with Gasteiger partial charge in [0, 0.05) is 34.1 Å². The van der Waals surface area contributed by atoms with Gasteiger partial charge in [-0.15, -0.1) is 0 Å². The summed E-state index contributed by atoms with van der Waals surface area (Å²) >= 11 is 7.02. The molecule has 0 bridgehead atoms. The Morgan fingerprint density at radius 3 is 2.38 bits per heavy atom. The minimum Gasteiger partial charge on any atom is -0.306 e. The van der Waals surface area contributed by atoms with Crippen LogP contribution in [0, 0.1) is 0 Å². The summed E-state index contributed by atoms with van der Waals surface area (Å²) in [6, 6.07) is 15.2. The van der Waals surface area contributed by atoms with E-state index in [-0.39, 0.29) is 11.7 Å². The molecule has 1 aromatic heterocycles. The number of nitrogens with zero attached hydrogens (tertiary/aromatic N) is 2. The topological polar surface area (TPSA) is 41.0 Å². The first-order valence-electron chi connectivity index (χ1n) is 8.92. The average molecular weight is 479 g/mol. The van der Waals surface area contributed by atoms with E-state index in [1.54, 1.807) is 0 Å². The van der Waals surface area contributed by atoms with E-state index in [9.17, 15) is 4.79 Å². The maximum absolute atomic E-state index is 12.5. The predicted octanol–water partition coefficient (Wildman–Crippen LogP) is 5.25. The maximum atomic E-state index is 12.5. The average Bonchev–Trinajstić information content (AvgIpc) is 2.97. The molecule has 1 aliphatic heterocycles. The Balaban J connectivity index is 1.52. The van der Waals surface area contributed by atoms with Crippen molar-refractivity contribution in [1.29, 1.82) is 0 Å². The number of aromatic amines is 1. The largest absolute Gasteiger partial charge is 0.326 e. The number of rotatable bonds is 3. The van der Waals surface area contributed by atoms with E-state index in [1.165, 1.54) is 5.56 Å². The van der Waals surface area contributed by atoms with Gasteiger partial charge in [0.15, 0.2) is 0 Å². The molecule has 0 saturated carbocycles. The predicted molar refractivity (Wildman–Crippen MR) is 113 cm³/mol. The lowest BCUT2D eigenvalue weighted by Gasteiger charge is -2.36. The Bertz CT molecular complexity index is 969. The fraction of sp³-hybridized carbons (Fsp3) is 0.350. The summed E-state index contributed by atoms with van der Waals surface area (Å²) in [4.78, 5) is 18.0. The van der Waals surface area contributed by atoms with Crippen LogP contribution in [0.25, 0.3) is 11.0 Å². The van der Waals surface area contributed by atoms with E-state index in [4.69, 9.17) is 0 Å². The molecule has 0 aliphatic carbocycles. The molecule has 1 atom stereocenters. The third kappa shape index (κ3) is 3.42. The zero-order valence-corrected chi connectivity index (χ0v) is 17.8.